The molecule has 0 bridgehead atoms. The number of benzene rings is 1. The Bertz CT molecular complexity index is 269. The van der Waals surface area contributed by atoms with E-state index < -0.39 is 0 Å². The van der Waals surface area contributed by atoms with Crippen molar-refractivity contribution in [1.29, 1.82) is 0 Å². The van der Waals surface area contributed by atoms with Crippen LogP contribution in [0.1, 0.15) is 6.92 Å². The zero-order valence-corrected chi connectivity index (χ0v) is 9.24. The Labute approximate surface area is 91.0 Å². The summed E-state index contributed by atoms with van der Waals surface area (Å²) < 4.78 is 0. The first-order valence-corrected chi connectivity index (χ1v) is 5.22. The van der Waals surface area contributed by atoms with E-state index in [0.29, 0.717) is 0 Å². The topological polar surface area (TPSA) is 3.24 Å². The number of hydrogen-bond acceptors (Lipinski definition) is 1. The van der Waals surface area contributed by atoms with Crippen LogP contribution in [0.4, 0.5) is 5.69 Å². The van der Waals surface area contributed by atoms with Crippen LogP contribution in [0.25, 0.3) is 0 Å². The van der Waals surface area contributed by atoms with Crippen LogP contribution in [0.2, 0.25) is 0 Å². The van der Waals surface area contributed by atoms with Crippen molar-refractivity contribution in [2.24, 2.45) is 0 Å². The van der Waals surface area contributed by atoms with Gasteiger partial charge in [-0.1, -0.05) is 24.3 Å². The second-order valence-corrected chi connectivity index (χ2v) is 4.06. The molecule has 0 aromatic heterocycles. The number of alkyl halides is 1. The standard InChI is InChI=1S/C12H16ClN/c1-3-9-14(10-11(2)13)12-7-5-4-6-8-12/h3-8,11H,1,9-10H2,2H3. The predicted molar refractivity (Wildman–Crippen MR) is 64.2 cm³/mol. The lowest BCUT2D eigenvalue weighted by Gasteiger charge is -2.24. The minimum Gasteiger partial charge on any atom is -0.366 e. The van der Waals surface area contributed by atoms with Gasteiger partial charge in [0.15, 0.2) is 0 Å². The molecule has 0 saturated carbocycles. The van der Waals surface area contributed by atoms with Crippen LogP contribution in [0.15, 0.2) is 43.0 Å². The van der Waals surface area contributed by atoms with Gasteiger partial charge in [-0.15, -0.1) is 18.2 Å². The monoisotopic (exact) mass is 209 g/mol. The summed E-state index contributed by atoms with van der Waals surface area (Å²) in [7, 11) is 0. The molecule has 14 heavy (non-hydrogen) atoms. The fourth-order valence-electron chi connectivity index (χ4n) is 1.38. The molecular weight excluding hydrogens is 194 g/mol. The van der Waals surface area contributed by atoms with Gasteiger partial charge in [0.05, 0.1) is 0 Å². The Morgan fingerprint density at radius 2 is 2.07 bits per heavy atom. The van der Waals surface area contributed by atoms with Crippen molar-refractivity contribution in [3.63, 3.8) is 0 Å². The third-order valence-corrected chi connectivity index (χ3v) is 2.08. The van der Waals surface area contributed by atoms with Gasteiger partial charge in [0.25, 0.3) is 0 Å². The van der Waals surface area contributed by atoms with Crippen LogP contribution >= 0.6 is 11.6 Å². The number of para-hydroxylation sites is 1. The van der Waals surface area contributed by atoms with E-state index in [1.165, 1.54) is 5.69 Å². The lowest BCUT2D eigenvalue weighted by molar-refractivity contribution is 0.823. The Balaban J connectivity index is 2.72. The number of hydrogen-bond donors (Lipinski definition) is 0. The summed E-state index contributed by atoms with van der Waals surface area (Å²) in [4.78, 5) is 2.21. The average Bonchev–Trinajstić information content (AvgIpc) is 2.18. The molecule has 0 amide bonds. The summed E-state index contributed by atoms with van der Waals surface area (Å²) in [6.45, 7) is 7.43. The molecule has 1 nitrogen and oxygen atoms in total. The molecule has 0 fully saturated rings. The number of nitrogens with zero attached hydrogens (tertiary/aromatic N) is 1. The molecule has 1 aromatic carbocycles. The van der Waals surface area contributed by atoms with E-state index in [-0.39, 0.29) is 5.38 Å². The molecule has 0 spiro atoms. The molecule has 0 aliphatic heterocycles. The van der Waals surface area contributed by atoms with Gasteiger partial charge >= 0.3 is 0 Å². The van der Waals surface area contributed by atoms with Crippen molar-refractivity contribution >= 4 is 17.3 Å². The van der Waals surface area contributed by atoms with Gasteiger partial charge in [-0.2, -0.15) is 0 Å². The van der Waals surface area contributed by atoms with Gasteiger partial charge in [0, 0.05) is 24.2 Å². The van der Waals surface area contributed by atoms with Crippen molar-refractivity contribution in [2.45, 2.75) is 12.3 Å². The first kappa shape index (κ1) is 11.1. The zero-order valence-electron chi connectivity index (χ0n) is 8.49. The number of rotatable bonds is 5. The van der Waals surface area contributed by atoms with Gasteiger partial charge < -0.3 is 4.90 Å². The second-order valence-electron chi connectivity index (χ2n) is 3.31. The molecule has 0 radical (unpaired) electrons. The first-order chi connectivity index (χ1) is 6.74. The lowest BCUT2D eigenvalue weighted by atomic mass is 10.2. The molecule has 0 aliphatic rings. The summed E-state index contributed by atoms with van der Waals surface area (Å²) in [6.07, 6.45) is 1.90. The highest BCUT2D eigenvalue weighted by Gasteiger charge is 2.06. The quantitative estimate of drug-likeness (QED) is 0.531. The van der Waals surface area contributed by atoms with E-state index in [0.717, 1.165) is 13.1 Å². The maximum absolute atomic E-state index is 5.98. The lowest BCUT2D eigenvalue weighted by Crippen LogP contribution is -2.28. The summed E-state index contributed by atoms with van der Waals surface area (Å²) >= 11 is 5.98. The van der Waals surface area contributed by atoms with E-state index in [9.17, 15) is 0 Å². The predicted octanol–water partition coefficient (Wildman–Crippen LogP) is 3.31. The number of halogens is 1. The maximum Gasteiger partial charge on any atom is 0.0483 e. The summed E-state index contributed by atoms with van der Waals surface area (Å²) in [5.74, 6) is 0. The van der Waals surface area contributed by atoms with Gasteiger partial charge in [-0.3, -0.25) is 0 Å². The first-order valence-electron chi connectivity index (χ1n) is 4.79. The fraction of sp³-hybridized carbons (Fsp3) is 0.333. The SMILES string of the molecule is C=CCN(CC(C)Cl)c1ccccc1. The van der Waals surface area contributed by atoms with Crippen molar-refractivity contribution in [1.82, 2.24) is 0 Å². The Morgan fingerprint density at radius 1 is 1.43 bits per heavy atom. The Kier molecular flexibility index (Phi) is 4.54. The summed E-state index contributed by atoms with van der Waals surface area (Å²) in [5, 5.41) is 0.148. The second kappa shape index (κ2) is 5.71. The summed E-state index contributed by atoms with van der Waals surface area (Å²) in [5.41, 5.74) is 1.19. The minimum absolute atomic E-state index is 0.148. The van der Waals surface area contributed by atoms with Gasteiger partial charge in [-0.05, 0) is 19.1 Å². The maximum atomic E-state index is 5.98. The van der Waals surface area contributed by atoms with Crippen molar-refractivity contribution in [3.05, 3.63) is 43.0 Å². The fourth-order valence-corrected chi connectivity index (χ4v) is 1.55. The molecule has 76 valence electrons. The molecule has 1 atom stereocenters. The van der Waals surface area contributed by atoms with E-state index >= 15 is 0 Å². The van der Waals surface area contributed by atoms with Gasteiger partial charge in [0.2, 0.25) is 0 Å². The van der Waals surface area contributed by atoms with E-state index in [1.54, 1.807) is 0 Å². The normalized spacial score (nSPS) is 12.1. The van der Waals surface area contributed by atoms with E-state index in [4.69, 9.17) is 11.6 Å². The largest absolute Gasteiger partial charge is 0.366 e. The van der Waals surface area contributed by atoms with Crippen LogP contribution in [-0.4, -0.2) is 18.5 Å². The Hall–Kier alpha value is -0.950. The smallest absolute Gasteiger partial charge is 0.0483 e. The van der Waals surface area contributed by atoms with Crippen LogP contribution < -0.4 is 4.90 Å². The molecule has 0 aliphatic carbocycles. The molecule has 1 rings (SSSR count). The van der Waals surface area contributed by atoms with Crippen LogP contribution in [-0.2, 0) is 0 Å². The Morgan fingerprint density at radius 3 is 2.57 bits per heavy atom. The third kappa shape index (κ3) is 3.43. The molecular formula is C12H16ClN. The highest BCUT2D eigenvalue weighted by molar-refractivity contribution is 6.20. The molecule has 1 unspecified atom stereocenters. The van der Waals surface area contributed by atoms with Crippen LogP contribution in [0, 0.1) is 0 Å². The molecule has 0 saturated heterocycles. The van der Waals surface area contributed by atoms with Gasteiger partial charge in [-0.25, -0.2) is 0 Å². The van der Waals surface area contributed by atoms with E-state index in [2.05, 4.69) is 23.6 Å². The zero-order chi connectivity index (χ0) is 10.4. The molecule has 0 heterocycles. The molecule has 0 N–H and O–H groups in total. The van der Waals surface area contributed by atoms with E-state index in [1.807, 2.05) is 31.2 Å². The highest BCUT2D eigenvalue weighted by atomic mass is 35.5. The van der Waals surface area contributed by atoms with Crippen molar-refractivity contribution in [2.75, 3.05) is 18.0 Å². The third-order valence-electron chi connectivity index (χ3n) is 1.94. The molecule has 1 aromatic rings. The summed E-state index contributed by atoms with van der Waals surface area (Å²) in [6, 6.07) is 10.2. The minimum atomic E-state index is 0.148. The molecule has 2 heteroatoms. The van der Waals surface area contributed by atoms with Crippen molar-refractivity contribution < 1.29 is 0 Å². The highest BCUT2D eigenvalue weighted by Crippen LogP contribution is 2.14. The number of anilines is 1. The van der Waals surface area contributed by atoms with Crippen molar-refractivity contribution in [3.8, 4) is 0 Å². The van der Waals surface area contributed by atoms with Crippen LogP contribution in [0.3, 0.4) is 0 Å². The average molecular weight is 210 g/mol. The van der Waals surface area contributed by atoms with Crippen LogP contribution in [0.5, 0.6) is 0 Å². The van der Waals surface area contributed by atoms with Gasteiger partial charge in [0.1, 0.15) is 0 Å².